The Balaban J connectivity index is 1.02. The van der Waals surface area contributed by atoms with Crippen molar-refractivity contribution in [3.05, 3.63) is 299 Å². The highest BCUT2D eigenvalue weighted by atomic mass is 14.5. The average molecular weight is 811 g/mol. The smallest absolute Gasteiger partial charge is 0.0622 e. The highest BCUT2D eigenvalue weighted by Crippen LogP contribution is 2.58. The SMILES string of the molecule is c1ccc(C2(c3ccc(-c4c5ccccc5c(-c5cccc(C6(c7ccccc7)c7ccccc7-c7ccccc76)c5)c5ccccc45)cc3)c3ccccc3-c3ccccc32)cc1. The van der Waals surface area contributed by atoms with Crippen LogP contribution in [-0.2, 0) is 10.8 Å². The molecule has 0 spiro atoms. The molecule has 0 heterocycles. The fraction of sp³-hybridized carbons (Fsp3) is 0.0312. The number of rotatable bonds is 6. The van der Waals surface area contributed by atoms with Gasteiger partial charge in [-0.05, 0) is 117 Å². The molecule has 2 aliphatic carbocycles. The molecule has 0 unspecified atom stereocenters. The molecule has 0 atom stereocenters. The Morgan fingerprint density at radius 2 is 0.516 bits per heavy atom. The molecule has 0 heteroatoms. The van der Waals surface area contributed by atoms with Gasteiger partial charge in [0.1, 0.15) is 0 Å². The highest BCUT2D eigenvalue weighted by molar-refractivity contribution is 6.21. The first kappa shape index (κ1) is 36.6. The maximum atomic E-state index is 2.48. The van der Waals surface area contributed by atoms with Crippen LogP contribution in [0.25, 0.3) is 66.1 Å². The van der Waals surface area contributed by atoms with Crippen LogP contribution >= 0.6 is 0 Å². The summed E-state index contributed by atoms with van der Waals surface area (Å²) in [6.07, 6.45) is 0. The molecule has 0 radical (unpaired) electrons. The van der Waals surface area contributed by atoms with Crippen LogP contribution in [0.4, 0.5) is 0 Å². The number of fused-ring (bicyclic) bond motifs is 8. The molecular weight excluding hydrogens is 769 g/mol. The van der Waals surface area contributed by atoms with Crippen LogP contribution in [0.15, 0.2) is 255 Å². The minimum atomic E-state index is -0.477. The molecule has 0 fully saturated rings. The molecule has 0 bridgehead atoms. The lowest BCUT2D eigenvalue weighted by molar-refractivity contribution is 0.768. The average Bonchev–Trinajstić information content (AvgIpc) is 3.85. The molecule has 0 saturated heterocycles. The zero-order valence-electron chi connectivity index (χ0n) is 35.2. The summed E-state index contributed by atoms with van der Waals surface area (Å²) < 4.78 is 0. The summed E-state index contributed by atoms with van der Waals surface area (Å²) in [4.78, 5) is 0. The zero-order chi connectivity index (χ0) is 42.2. The van der Waals surface area contributed by atoms with Crippen molar-refractivity contribution in [1.82, 2.24) is 0 Å². The third-order valence-electron chi connectivity index (χ3n) is 14.4. The van der Waals surface area contributed by atoms with Gasteiger partial charge < -0.3 is 0 Å². The lowest BCUT2D eigenvalue weighted by atomic mass is 9.67. The molecule has 0 N–H and O–H groups in total. The fourth-order valence-electron chi connectivity index (χ4n) is 12.0. The van der Waals surface area contributed by atoms with Gasteiger partial charge in [-0.3, -0.25) is 0 Å². The van der Waals surface area contributed by atoms with Crippen LogP contribution < -0.4 is 0 Å². The van der Waals surface area contributed by atoms with Crippen LogP contribution in [0.5, 0.6) is 0 Å². The van der Waals surface area contributed by atoms with Gasteiger partial charge in [-0.15, -0.1) is 0 Å². The third kappa shape index (κ3) is 5.00. The van der Waals surface area contributed by atoms with Crippen LogP contribution in [0, 0.1) is 0 Å². The van der Waals surface area contributed by atoms with E-state index in [4.69, 9.17) is 0 Å². The second kappa shape index (κ2) is 14.2. The van der Waals surface area contributed by atoms with E-state index in [-0.39, 0.29) is 0 Å². The molecule has 0 nitrogen and oxygen atoms in total. The largest absolute Gasteiger partial charge is 0.0713 e. The molecule has 0 amide bonds. The fourth-order valence-corrected chi connectivity index (χ4v) is 12.0. The van der Waals surface area contributed by atoms with E-state index in [9.17, 15) is 0 Å². The van der Waals surface area contributed by atoms with Gasteiger partial charge in [0.05, 0.1) is 10.8 Å². The first-order chi connectivity index (χ1) is 31.8. The van der Waals surface area contributed by atoms with Gasteiger partial charge in [0.2, 0.25) is 0 Å². The Kier molecular flexibility index (Phi) is 8.14. The number of benzene rings is 11. The van der Waals surface area contributed by atoms with Gasteiger partial charge in [0.25, 0.3) is 0 Å². The predicted octanol–water partition coefficient (Wildman–Crippen LogP) is 16.1. The monoisotopic (exact) mass is 810 g/mol. The zero-order valence-corrected chi connectivity index (χ0v) is 35.2. The second-order valence-corrected chi connectivity index (χ2v) is 17.4. The topological polar surface area (TPSA) is 0 Å². The molecule has 0 aliphatic heterocycles. The van der Waals surface area contributed by atoms with Crippen molar-refractivity contribution < 1.29 is 0 Å². The Morgan fingerprint density at radius 1 is 0.203 bits per heavy atom. The van der Waals surface area contributed by atoms with Crippen molar-refractivity contribution >= 4 is 21.5 Å². The minimum Gasteiger partial charge on any atom is -0.0622 e. The van der Waals surface area contributed by atoms with Crippen molar-refractivity contribution in [3.8, 4) is 44.5 Å². The maximum absolute atomic E-state index is 2.48. The molecule has 0 aromatic heterocycles. The first-order valence-electron chi connectivity index (χ1n) is 22.4. The minimum absolute atomic E-state index is 0.441. The Hall–Kier alpha value is -8.06. The summed E-state index contributed by atoms with van der Waals surface area (Å²) in [5.41, 5.74) is 19.6. The predicted molar refractivity (Wildman–Crippen MR) is 267 cm³/mol. The molecule has 11 aromatic rings. The molecular formula is C64H42. The first-order valence-corrected chi connectivity index (χ1v) is 22.4. The van der Waals surface area contributed by atoms with Crippen LogP contribution in [0.3, 0.4) is 0 Å². The number of hydrogen-bond acceptors (Lipinski definition) is 0. The third-order valence-corrected chi connectivity index (χ3v) is 14.4. The van der Waals surface area contributed by atoms with E-state index in [0.717, 1.165) is 0 Å². The van der Waals surface area contributed by atoms with E-state index in [1.807, 2.05) is 0 Å². The molecule has 11 aromatic carbocycles. The van der Waals surface area contributed by atoms with Crippen LogP contribution in [-0.4, -0.2) is 0 Å². The van der Waals surface area contributed by atoms with Gasteiger partial charge >= 0.3 is 0 Å². The summed E-state index contributed by atoms with van der Waals surface area (Å²) in [6.45, 7) is 0. The maximum Gasteiger partial charge on any atom is 0.0713 e. The van der Waals surface area contributed by atoms with Gasteiger partial charge in [0.15, 0.2) is 0 Å². The summed E-state index contributed by atoms with van der Waals surface area (Å²) in [5.74, 6) is 0. The highest BCUT2D eigenvalue weighted by Gasteiger charge is 2.47. The Bertz CT molecular complexity index is 3450. The summed E-state index contributed by atoms with van der Waals surface area (Å²) >= 11 is 0. The molecule has 2 aliphatic rings. The summed E-state index contributed by atoms with van der Waals surface area (Å²) in [5, 5.41) is 4.99. The van der Waals surface area contributed by atoms with Crippen molar-refractivity contribution in [3.63, 3.8) is 0 Å². The van der Waals surface area contributed by atoms with Gasteiger partial charge in [-0.25, -0.2) is 0 Å². The molecule has 298 valence electrons. The lowest BCUT2D eigenvalue weighted by Gasteiger charge is -2.34. The van der Waals surface area contributed by atoms with Gasteiger partial charge in [0, 0.05) is 0 Å². The van der Waals surface area contributed by atoms with Crippen molar-refractivity contribution in [2.75, 3.05) is 0 Å². The number of hydrogen-bond donors (Lipinski definition) is 0. The lowest BCUT2D eigenvalue weighted by Crippen LogP contribution is -2.28. The van der Waals surface area contributed by atoms with E-state index in [1.54, 1.807) is 0 Å². The molecule has 0 saturated carbocycles. The van der Waals surface area contributed by atoms with Gasteiger partial charge in [-0.2, -0.15) is 0 Å². The molecule has 13 rings (SSSR count). The molecule has 64 heavy (non-hydrogen) atoms. The quantitative estimate of drug-likeness (QED) is 0.147. The Morgan fingerprint density at radius 3 is 0.938 bits per heavy atom. The van der Waals surface area contributed by atoms with Gasteiger partial charge in [-0.1, -0.05) is 249 Å². The summed E-state index contributed by atoms with van der Waals surface area (Å²) in [7, 11) is 0. The van der Waals surface area contributed by atoms with E-state index in [2.05, 4.69) is 255 Å². The summed E-state index contributed by atoms with van der Waals surface area (Å²) in [6, 6.07) is 95.2. The van der Waals surface area contributed by atoms with E-state index in [1.165, 1.54) is 111 Å². The Labute approximate surface area is 374 Å². The van der Waals surface area contributed by atoms with E-state index >= 15 is 0 Å². The van der Waals surface area contributed by atoms with E-state index < -0.39 is 10.8 Å². The normalized spacial score (nSPS) is 13.9. The van der Waals surface area contributed by atoms with Crippen LogP contribution in [0.2, 0.25) is 0 Å². The van der Waals surface area contributed by atoms with Crippen molar-refractivity contribution in [2.45, 2.75) is 10.8 Å². The second-order valence-electron chi connectivity index (χ2n) is 17.4. The standard InChI is InChI=1S/C64H42/c1-3-21-45(22-4-1)63(57-34-15-11-26-49(57)50-27-12-16-35-58(50)63)47-40-38-43(39-41-47)61-53-30-7-9-32-55(53)62(56-33-10-8-31-54(56)61)44-20-19-25-48(42-44)64(46-23-5-2-6-24-46)59-36-17-13-28-51(59)52-29-14-18-37-60(52)64/h1-42H. The van der Waals surface area contributed by atoms with E-state index in [0.29, 0.717) is 0 Å². The van der Waals surface area contributed by atoms with Crippen molar-refractivity contribution in [1.29, 1.82) is 0 Å². The van der Waals surface area contributed by atoms with Crippen molar-refractivity contribution in [2.24, 2.45) is 0 Å². The van der Waals surface area contributed by atoms with Crippen LogP contribution in [0.1, 0.15) is 44.5 Å².